The van der Waals surface area contributed by atoms with Crippen LogP contribution in [0.2, 0.25) is 0 Å². The van der Waals surface area contributed by atoms with Crippen molar-refractivity contribution in [1.29, 1.82) is 0 Å². The molecule has 0 bridgehead atoms. The molecule has 1 aliphatic heterocycles. The minimum atomic E-state index is 0.267. The normalized spacial score (nSPS) is 20.1. The Morgan fingerprint density at radius 1 is 1.24 bits per heavy atom. The van der Waals surface area contributed by atoms with Crippen LogP contribution < -0.4 is 9.80 Å². The van der Waals surface area contributed by atoms with E-state index >= 15 is 0 Å². The Kier molecular flexibility index (Phi) is 3.89. The van der Waals surface area contributed by atoms with Gasteiger partial charge in [-0.1, -0.05) is 19.1 Å². The zero-order chi connectivity index (χ0) is 12.3. The monoisotopic (exact) mass is 234 g/mol. The van der Waals surface area contributed by atoms with Crippen LogP contribution in [-0.4, -0.2) is 38.4 Å². The van der Waals surface area contributed by atoms with Crippen LogP contribution in [0.25, 0.3) is 0 Å². The fourth-order valence-electron chi connectivity index (χ4n) is 2.63. The number of hydrogen-bond donors (Lipinski definition) is 1. The third kappa shape index (κ3) is 2.72. The van der Waals surface area contributed by atoms with Crippen molar-refractivity contribution in [2.75, 3.05) is 43.1 Å². The van der Waals surface area contributed by atoms with Gasteiger partial charge in [0.1, 0.15) is 0 Å². The van der Waals surface area contributed by atoms with E-state index in [1.807, 2.05) is 0 Å². The molecule has 1 unspecified atom stereocenters. The molecule has 94 valence electrons. The van der Waals surface area contributed by atoms with Crippen molar-refractivity contribution in [3.05, 3.63) is 24.3 Å². The smallest absolute Gasteiger partial charge is 0.0604 e. The highest BCUT2D eigenvalue weighted by Gasteiger charge is 2.21. The van der Waals surface area contributed by atoms with Crippen LogP contribution in [0.5, 0.6) is 0 Å². The molecule has 0 spiro atoms. The maximum atomic E-state index is 9.00. The van der Waals surface area contributed by atoms with Gasteiger partial charge in [0.25, 0.3) is 0 Å². The quantitative estimate of drug-likeness (QED) is 0.866. The first-order chi connectivity index (χ1) is 8.22. The molecule has 0 aliphatic carbocycles. The van der Waals surface area contributed by atoms with Crippen molar-refractivity contribution in [3.63, 3.8) is 0 Å². The van der Waals surface area contributed by atoms with Gasteiger partial charge in [-0.2, -0.15) is 0 Å². The van der Waals surface area contributed by atoms with E-state index in [1.54, 1.807) is 0 Å². The zero-order valence-corrected chi connectivity index (χ0v) is 10.8. The fraction of sp³-hybridized carbons (Fsp3) is 0.571. The molecule has 17 heavy (non-hydrogen) atoms. The summed E-state index contributed by atoms with van der Waals surface area (Å²) in [6.07, 6.45) is 0.838. The molecule has 0 aromatic heterocycles. The molecule has 2 rings (SSSR count). The Morgan fingerprint density at radius 2 is 1.94 bits per heavy atom. The first kappa shape index (κ1) is 12.2. The summed E-state index contributed by atoms with van der Waals surface area (Å²) in [4.78, 5) is 4.73. The van der Waals surface area contributed by atoms with Gasteiger partial charge >= 0.3 is 0 Å². The molecule has 1 aromatic rings. The van der Waals surface area contributed by atoms with Crippen LogP contribution in [0.15, 0.2) is 24.3 Å². The predicted molar refractivity (Wildman–Crippen MR) is 72.8 cm³/mol. The molecule has 3 heteroatoms. The average Bonchev–Trinajstić information content (AvgIpc) is 2.45. The van der Waals surface area contributed by atoms with Crippen LogP contribution in [-0.2, 0) is 0 Å². The van der Waals surface area contributed by atoms with Crippen LogP contribution in [0.1, 0.15) is 13.3 Å². The Hall–Kier alpha value is -1.22. The summed E-state index contributed by atoms with van der Waals surface area (Å²) in [6.45, 7) is 5.65. The lowest BCUT2D eigenvalue weighted by molar-refractivity contribution is 0.289. The van der Waals surface area contributed by atoms with E-state index in [-0.39, 0.29) is 6.61 Å². The Labute approximate surface area is 104 Å². The first-order valence-corrected chi connectivity index (χ1v) is 6.38. The molecular weight excluding hydrogens is 212 g/mol. The molecule has 0 radical (unpaired) electrons. The van der Waals surface area contributed by atoms with Crippen molar-refractivity contribution < 1.29 is 5.11 Å². The molecular formula is C14H22N2O. The highest BCUT2D eigenvalue weighted by atomic mass is 16.3. The zero-order valence-electron chi connectivity index (χ0n) is 10.8. The molecule has 1 heterocycles. The minimum absolute atomic E-state index is 0.267. The molecule has 0 amide bonds. The Morgan fingerprint density at radius 3 is 2.65 bits per heavy atom. The largest absolute Gasteiger partial charge is 0.396 e. The molecule has 0 saturated carbocycles. The van der Waals surface area contributed by atoms with Crippen LogP contribution in [0.3, 0.4) is 0 Å². The summed E-state index contributed by atoms with van der Waals surface area (Å²) >= 11 is 0. The van der Waals surface area contributed by atoms with Gasteiger partial charge in [-0.05, 0) is 24.5 Å². The fourth-order valence-corrected chi connectivity index (χ4v) is 2.63. The predicted octanol–water partition coefficient (Wildman–Crippen LogP) is 1.96. The lowest BCUT2D eigenvalue weighted by Gasteiger charge is -2.26. The van der Waals surface area contributed by atoms with Crippen LogP contribution >= 0.6 is 0 Å². The number of hydrogen-bond acceptors (Lipinski definition) is 3. The standard InChI is InChI=1S/C14H22N2O/c1-12-10-15(2)13-6-3-4-7-14(13)16(11-12)8-5-9-17/h3-4,6-7,12,17H,5,8-11H2,1-2H3. The third-order valence-electron chi connectivity index (χ3n) is 3.34. The molecule has 0 saturated heterocycles. The van der Waals surface area contributed by atoms with Crippen LogP contribution in [0.4, 0.5) is 11.4 Å². The van der Waals surface area contributed by atoms with Gasteiger partial charge < -0.3 is 14.9 Å². The number of fused-ring (bicyclic) bond motifs is 1. The van der Waals surface area contributed by atoms with E-state index in [0.29, 0.717) is 5.92 Å². The lowest BCUT2D eigenvalue weighted by Crippen LogP contribution is -2.30. The highest BCUT2D eigenvalue weighted by Crippen LogP contribution is 2.32. The van der Waals surface area contributed by atoms with Crippen LogP contribution in [0, 0.1) is 5.92 Å². The maximum Gasteiger partial charge on any atom is 0.0604 e. The second kappa shape index (κ2) is 5.41. The lowest BCUT2D eigenvalue weighted by atomic mass is 10.1. The van der Waals surface area contributed by atoms with Gasteiger partial charge in [0.15, 0.2) is 0 Å². The van der Waals surface area contributed by atoms with Crippen molar-refractivity contribution in [2.45, 2.75) is 13.3 Å². The van der Waals surface area contributed by atoms with E-state index in [4.69, 9.17) is 5.11 Å². The summed E-state index contributed by atoms with van der Waals surface area (Å²) in [5, 5.41) is 9.00. The molecule has 3 nitrogen and oxygen atoms in total. The number of aliphatic hydroxyl groups excluding tert-OH is 1. The summed E-state index contributed by atoms with van der Waals surface area (Å²) in [5.41, 5.74) is 2.60. The topological polar surface area (TPSA) is 26.7 Å². The Balaban J connectivity index is 2.28. The van der Waals surface area contributed by atoms with E-state index in [0.717, 1.165) is 26.1 Å². The number of para-hydroxylation sites is 2. The molecule has 1 aromatic carbocycles. The van der Waals surface area contributed by atoms with E-state index in [2.05, 4.69) is 48.0 Å². The second-order valence-electron chi connectivity index (χ2n) is 5.00. The average molecular weight is 234 g/mol. The number of aliphatic hydroxyl groups is 1. The molecule has 1 N–H and O–H groups in total. The van der Waals surface area contributed by atoms with Crippen molar-refractivity contribution in [3.8, 4) is 0 Å². The molecule has 1 aliphatic rings. The number of nitrogens with zero attached hydrogens (tertiary/aromatic N) is 2. The van der Waals surface area contributed by atoms with E-state index in [9.17, 15) is 0 Å². The van der Waals surface area contributed by atoms with Crippen molar-refractivity contribution >= 4 is 11.4 Å². The van der Waals surface area contributed by atoms with Gasteiger partial charge in [-0.25, -0.2) is 0 Å². The highest BCUT2D eigenvalue weighted by molar-refractivity contribution is 5.71. The van der Waals surface area contributed by atoms with Crippen molar-refractivity contribution in [2.24, 2.45) is 5.92 Å². The van der Waals surface area contributed by atoms with Gasteiger partial charge in [0, 0.05) is 33.3 Å². The number of benzene rings is 1. The summed E-state index contributed by atoms with van der Waals surface area (Å²) < 4.78 is 0. The number of anilines is 2. The van der Waals surface area contributed by atoms with Gasteiger partial charge in [-0.3, -0.25) is 0 Å². The molecule has 1 atom stereocenters. The SMILES string of the molecule is CC1CN(C)c2ccccc2N(CCCO)C1. The summed E-state index contributed by atoms with van der Waals surface area (Å²) in [7, 11) is 2.16. The number of rotatable bonds is 3. The summed E-state index contributed by atoms with van der Waals surface area (Å²) in [5.74, 6) is 0.645. The molecule has 0 fully saturated rings. The first-order valence-electron chi connectivity index (χ1n) is 6.38. The third-order valence-corrected chi connectivity index (χ3v) is 3.34. The van der Waals surface area contributed by atoms with Gasteiger partial charge in [0.05, 0.1) is 11.4 Å². The van der Waals surface area contributed by atoms with Crippen molar-refractivity contribution in [1.82, 2.24) is 0 Å². The van der Waals surface area contributed by atoms with Gasteiger partial charge in [-0.15, -0.1) is 0 Å². The van der Waals surface area contributed by atoms with E-state index < -0.39 is 0 Å². The minimum Gasteiger partial charge on any atom is -0.396 e. The van der Waals surface area contributed by atoms with E-state index in [1.165, 1.54) is 11.4 Å². The summed E-state index contributed by atoms with van der Waals surface area (Å²) in [6, 6.07) is 8.55. The maximum absolute atomic E-state index is 9.00. The Bertz CT molecular complexity index is 367. The van der Waals surface area contributed by atoms with Gasteiger partial charge in [0.2, 0.25) is 0 Å². The second-order valence-corrected chi connectivity index (χ2v) is 5.00.